The number of nitrogens with zero attached hydrogens (tertiary/aromatic N) is 1. The summed E-state index contributed by atoms with van der Waals surface area (Å²) < 4.78 is 10.5. The van der Waals surface area contributed by atoms with Crippen molar-refractivity contribution >= 4 is 34.9 Å². The van der Waals surface area contributed by atoms with E-state index in [1.54, 1.807) is 36.4 Å². The second-order valence-electron chi connectivity index (χ2n) is 5.80. The van der Waals surface area contributed by atoms with E-state index in [-0.39, 0.29) is 23.1 Å². The third-order valence-corrected chi connectivity index (χ3v) is 4.09. The Hall–Kier alpha value is -3.94. The summed E-state index contributed by atoms with van der Waals surface area (Å²) in [6.07, 6.45) is 3.70. The van der Waals surface area contributed by atoms with E-state index in [9.17, 15) is 19.2 Å². The molecule has 27 heavy (non-hydrogen) atoms. The lowest BCUT2D eigenvalue weighted by Crippen LogP contribution is -2.53. The number of urea groups is 1. The van der Waals surface area contributed by atoms with Gasteiger partial charge in [-0.05, 0) is 30.3 Å². The summed E-state index contributed by atoms with van der Waals surface area (Å²) in [6, 6.07) is 8.97. The minimum atomic E-state index is -0.881. The largest absolute Gasteiger partial charge is 0.467 e. The van der Waals surface area contributed by atoms with Gasteiger partial charge in [-0.3, -0.25) is 24.6 Å². The van der Waals surface area contributed by atoms with Gasteiger partial charge in [0.05, 0.1) is 23.8 Å². The van der Waals surface area contributed by atoms with Crippen LogP contribution in [-0.2, 0) is 16.1 Å². The minimum absolute atomic E-state index is 0.0273. The number of benzene rings is 1. The number of imide groups is 2. The van der Waals surface area contributed by atoms with Crippen molar-refractivity contribution in [3.05, 3.63) is 76.0 Å². The molecule has 0 spiro atoms. The van der Waals surface area contributed by atoms with Gasteiger partial charge in [0.2, 0.25) is 0 Å². The first-order valence-corrected chi connectivity index (χ1v) is 7.96. The van der Waals surface area contributed by atoms with Gasteiger partial charge >= 0.3 is 6.03 Å². The Morgan fingerprint density at radius 3 is 2.59 bits per heavy atom. The van der Waals surface area contributed by atoms with Crippen molar-refractivity contribution in [2.45, 2.75) is 6.54 Å². The van der Waals surface area contributed by atoms with Crippen molar-refractivity contribution in [1.29, 1.82) is 0 Å². The fourth-order valence-electron chi connectivity index (χ4n) is 2.74. The lowest BCUT2D eigenvalue weighted by Gasteiger charge is -2.25. The molecule has 8 nitrogen and oxygen atoms in total. The molecule has 1 N–H and O–H groups in total. The van der Waals surface area contributed by atoms with Crippen LogP contribution in [0.1, 0.15) is 11.3 Å². The zero-order valence-electron chi connectivity index (χ0n) is 13.8. The first kappa shape index (κ1) is 16.5. The van der Waals surface area contributed by atoms with Gasteiger partial charge in [-0.25, -0.2) is 4.79 Å². The molecule has 0 atom stereocenters. The Kier molecular flexibility index (Phi) is 3.92. The number of hydrogen-bond donors (Lipinski definition) is 1. The Balaban J connectivity index is 1.74. The first-order valence-electron chi connectivity index (χ1n) is 7.96. The van der Waals surface area contributed by atoms with Gasteiger partial charge in [-0.1, -0.05) is 12.1 Å². The quantitative estimate of drug-likeness (QED) is 0.563. The molecule has 0 saturated carbocycles. The van der Waals surface area contributed by atoms with Crippen LogP contribution in [0.25, 0.3) is 17.0 Å². The number of para-hydroxylation sites is 1. The average Bonchev–Trinajstić information content (AvgIpc) is 3.17. The van der Waals surface area contributed by atoms with E-state index >= 15 is 0 Å². The minimum Gasteiger partial charge on any atom is -0.467 e. The zero-order valence-corrected chi connectivity index (χ0v) is 13.8. The van der Waals surface area contributed by atoms with Crippen molar-refractivity contribution in [1.82, 2.24) is 10.2 Å². The number of carbonyl (C=O) groups excluding carboxylic acids is 3. The zero-order chi connectivity index (χ0) is 19.0. The van der Waals surface area contributed by atoms with Crippen molar-refractivity contribution in [2.24, 2.45) is 0 Å². The van der Waals surface area contributed by atoms with Crippen molar-refractivity contribution in [3.8, 4) is 0 Å². The maximum absolute atomic E-state index is 12.7. The van der Waals surface area contributed by atoms with Gasteiger partial charge in [0.1, 0.15) is 23.2 Å². The highest BCUT2D eigenvalue weighted by Crippen LogP contribution is 2.18. The molecule has 3 aromatic rings. The second-order valence-corrected chi connectivity index (χ2v) is 5.80. The number of carbonyl (C=O) groups is 3. The van der Waals surface area contributed by atoms with E-state index in [4.69, 9.17) is 8.83 Å². The number of nitrogens with one attached hydrogen (secondary N) is 1. The van der Waals surface area contributed by atoms with Crippen molar-refractivity contribution < 1.29 is 23.2 Å². The predicted octanol–water partition coefficient (Wildman–Crippen LogP) is 2.05. The van der Waals surface area contributed by atoms with Crippen LogP contribution >= 0.6 is 0 Å². The second kappa shape index (κ2) is 6.41. The van der Waals surface area contributed by atoms with Gasteiger partial charge < -0.3 is 8.83 Å². The molecule has 1 saturated heterocycles. The molecule has 1 aromatic carbocycles. The number of barbiturate groups is 1. The van der Waals surface area contributed by atoms with Crippen LogP contribution in [0.5, 0.6) is 0 Å². The lowest BCUT2D eigenvalue weighted by molar-refractivity contribution is -0.130. The highest BCUT2D eigenvalue weighted by Gasteiger charge is 2.36. The molecule has 134 valence electrons. The summed E-state index contributed by atoms with van der Waals surface area (Å²) in [4.78, 5) is 50.2. The van der Waals surface area contributed by atoms with Crippen molar-refractivity contribution in [2.75, 3.05) is 0 Å². The smallest absolute Gasteiger partial charge is 0.331 e. The van der Waals surface area contributed by atoms with Crippen molar-refractivity contribution in [3.63, 3.8) is 0 Å². The fourth-order valence-corrected chi connectivity index (χ4v) is 2.74. The number of fused-ring (bicyclic) bond motifs is 1. The molecule has 0 radical (unpaired) electrons. The molecule has 0 unspecified atom stereocenters. The van der Waals surface area contributed by atoms with Crippen LogP contribution in [-0.4, -0.2) is 22.7 Å². The summed E-state index contributed by atoms with van der Waals surface area (Å²) >= 11 is 0. The molecule has 1 aliphatic rings. The van der Waals surface area contributed by atoms with E-state index in [1.165, 1.54) is 12.5 Å². The maximum atomic E-state index is 12.7. The molecule has 1 fully saturated rings. The summed E-state index contributed by atoms with van der Waals surface area (Å²) in [5.41, 5.74) is -0.318. The van der Waals surface area contributed by atoms with Crippen LogP contribution in [0.4, 0.5) is 4.79 Å². The molecule has 8 heteroatoms. The highest BCUT2D eigenvalue weighted by atomic mass is 16.3. The topological polar surface area (TPSA) is 110 Å². The van der Waals surface area contributed by atoms with Crippen LogP contribution < -0.4 is 10.7 Å². The molecule has 3 heterocycles. The molecular formula is C19H12N2O6. The Morgan fingerprint density at radius 2 is 1.81 bits per heavy atom. The monoisotopic (exact) mass is 364 g/mol. The molecule has 4 amide bonds. The van der Waals surface area contributed by atoms with Crippen LogP contribution in [0.15, 0.2) is 68.1 Å². The van der Waals surface area contributed by atoms with E-state index in [0.29, 0.717) is 16.7 Å². The normalized spacial score (nSPS) is 16.2. The first-order chi connectivity index (χ1) is 13.0. The van der Waals surface area contributed by atoms with E-state index in [2.05, 4.69) is 5.32 Å². The number of amides is 4. The molecule has 0 bridgehead atoms. The highest BCUT2D eigenvalue weighted by molar-refractivity contribution is 6.30. The number of furan rings is 1. The van der Waals surface area contributed by atoms with Gasteiger partial charge in [-0.15, -0.1) is 0 Å². The number of hydrogen-bond acceptors (Lipinski definition) is 6. The molecule has 2 aromatic heterocycles. The summed E-state index contributed by atoms with van der Waals surface area (Å²) in [5.74, 6) is -1.33. The van der Waals surface area contributed by atoms with Gasteiger partial charge in [0, 0.05) is 0 Å². The Morgan fingerprint density at radius 1 is 1.00 bits per heavy atom. The summed E-state index contributed by atoms with van der Waals surface area (Å²) in [7, 11) is 0. The molecular weight excluding hydrogens is 352 g/mol. The van der Waals surface area contributed by atoms with Gasteiger partial charge in [-0.2, -0.15) is 0 Å². The third kappa shape index (κ3) is 2.93. The number of rotatable bonds is 3. The molecule has 0 aliphatic carbocycles. The van der Waals surface area contributed by atoms with Gasteiger partial charge in [0.15, 0.2) is 5.43 Å². The van der Waals surface area contributed by atoms with Crippen LogP contribution in [0.3, 0.4) is 0 Å². The van der Waals surface area contributed by atoms with Crippen LogP contribution in [0, 0.1) is 0 Å². The Labute approximate surface area is 151 Å². The van der Waals surface area contributed by atoms with E-state index < -0.39 is 17.8 Å². The average molecular weight is 364 g/mol. The van der Waals surface area contributed by atoms with E-state index in [0.717, 1.165) is 11.0 Å². The summed E-state index contributed by atoms with van der Waals surface area (Å²) in [5, 5.41) is 2.40. The van der Waals surface area contributed by atoms with Gasteiger partial charge in [0.25, 0.3) is 11.8 Å². The standard InChI is InChI=1S/C19H12N2O6/c22-16-11(10-27-15-6-2-1-5-13(15)16)8-14-17(23)20-19(25)21(18(14)24)9-12-4-3-7-26-12/h1-8,10H,9H2,(H,20,23,25). The predicted molar refractivity (Wildman–Crippen MR) is 93.3 cm³/mol. The molecule has 4 rings (SSSR count). The summed E-state index contributed by atoms with van der Waals surface area (Å²) in [6.45, 7) is -0.144. The third-order valence-electron chi connectivity index (χ3n) is 4.09. The Bertz CT molecular complexity index is 1160. The SMILES string of the molecule is O=C1NC(=O)N(Cc2ccco2)C(=O)C1=Cc1coc2ccccc2c1=O. The van der Waals surface area contributed by atoms with Crippen LogP contribution in [0.2, 0.25) is 0 Å². The maximum Gasteiger partial charge on any atom is 0.331 e. The van der Waals surface area contributed by atoms with E-state index in [1.807, 2.05) is 0 Å². The fraction of sp³-hybridized carbons (Fsp3) is 0.0526. The lowest BCUT2D eigenvalue weighted by atomic mass is 10.1. The molecule has 1 aliphatic heterocycles.